The Labute approximate surface area is 113 Å². The van der Waals surface area contributed by atoms with Crippen molar-refractivity contribution in [1.82, 2.24) is 5.32 Å². The Morgan fingerprint density at radius 3 is 2.72 bits per heavy atom. The van der Waals surface area contributed by atoms with Crippen molar-refractivity contribution in [2.24, 2.45) is 0 Å². The average Bonchev–Trinajstić information content (AvgIpc) is 2.67. The molecule has 18 heavy (non-hydrogen) atoms. The molecule has 0 radical (unpaired) electrons. The van der Waals surface area contributed by atoms with Crippen molar-refractivity contribution in [1.29, 1.82) is 0 Å². The van der Waals surface area contributed by atoms with Crippen LogP contribution in [0.2, 0.25) is 0 Å². The second-order valence-electron chi connectivity index (χ2n) is 4.38. The first-order chi connectivity index (χ1) is 8.45. The van der Waals surface area contributed by atoms with E-state index < -0.39 is 0 Å². The fourth-order valence-corrected chi connectivity index (χ4v) is 2.85. The van der Waals surface area contributed by atoms with E-state index in [0.29, 0.717) is 12.1 Å². The zero-order chi connectivity index (χ0) is 13.7. The topological polar surface area (TPSA) is 38.3 Å². The highest BCUT2D eigenvalue weighted by molar-refractivity contribution is 7.12. The third-order valence-corrected chi connectivity index (χ3v) is 3.87. The van der Waals surface area contributed by atoms with Crippen LogP contribution in [0.4, 0.5) is 0 Å². The van der Waals surface area contributed by atoms with Crippen LogP contribution in [-0.2, 0) is 9.53 Å². The quantitative estimate of drug-likeness (QED) is 0.658. The fraction of sp³-hybridized carbons (Fsp3) is 0.500. The molecule has 0 saturated heterocycles. The summed E-state index contributed by atoms with van der Waals surface area (Å²) in [6.45, 7) is 8.82. The number of nitrogens with one attached hydrogen (secondary N) is 1. The van der Waals surface area contributed by atoms with Gasteiger partial charge in [0, 0.05) is 27.9 Å². The first kappa shape index (κ1) is 14.9. The van der Waals surface area contributed by atoms with Crippen molar-refractivity contribution in [3.05, 3.63) is 33.0 Å². The lowest BCUT2D eigenvalue weighted by molar-refractivity contribution is -0.136. The van der Waals surface area contributed by atoms with Crippen molar-refractivity contribution in [3.8, 4) is 0 Å². The number of ether oxygens (including phenoxy) is 1. The molecule has 0 aliphatic rings. The van der Waals surface area contributed by atoms with Crippen LogP contribution in [0.3, 0.4) is 0 Å². The zero-order valence-corrected chi connectivity index (χ0v) is 12.5. The van der Waals surface area contributed by atoms with Crippen LogP contribution >= 0.6 is 11.3 Å². The van der Waals surface area contributed by atoms with E-state index in [-0.39, 0.29) is 12.0 Å². The highest BCUT2D eigenvalue weighted by Crippen LogP contribution is 2.25. The number of hydrogen-bond acceptors (Lipinski definition) is 4. The molecule has 0 bridgehead atoms. The van der Waals surface area contributed by atoms with Crippen LogP contribution < -0.4 is 5.32 Å². The summed E-state index contributed by atoms with van der Waals surface area (Å²) in [5.41, 5.74) is 1.97. The second-order valence-corrected chi connectivity index (χ2v) is 5.84. The lowest BCUT2D eigenvalue weighted by atomic mass is 10.1. The molecule has 4 heteroatoms. The number of carbonyl (C=O) groups excluding carboxylic acids is 1. The standard InChI is InChI=1S/C14H21NO2S/c1-9(14(16)17-5)6-7-15-11(3)13-8-10(2)18-12(13)4/h6,8,11,15H,7H2,1-5H3/b9-6+. The first-order valence-corrected chi connectivity index (χ1v) is 6.82. The van der Waals surface area contributed by atoms with Crippen molar-refractivity contribution in [2.45, 2.75) is 33.7 Å². The van der Waals surface area contributed by atoms with E-state index in [1.165, 1.54) is 22.4 Å². The summed E-state index contributed by atoms with van der Waals surface area (Å²) in [5, 5.41) is 3.39. The van der Waals surface area contributed by atoms with Crippen molar-refractivity contribution >= 4 is 17.3 Å². The zero-order valence-electron chi connectivity index (χ0n) is 11.7. The monoisotopic (exact) mass is 267 g/mol. The molecule has 1 aromatic heterocycles. The largest absolute Gasteiger partial charge is 0.466 e. The number of carbonyl (C=O) groups is 1. The smallest absolute Gasteiger partial charge is 0.333 e. The van der Waals surface area contributed by atoms with E-state index in [1.807, 2.05) is 17.4 Å². The van der Waals surface area contributed by atoms with E-state index in [1.54, 1.807) is 6.92 Å². The lowest BCUT2D eigenvalue weighted by Gasteiger charge is -2.12. The van der Waals surface area contributed by atoms with Gasteiger partial charge >= 0.3 is 5.97 Å². The highest BCUT2D eigenvalue weighted by Gasteiger charge is 2.10. The van der Waals surface area contributed by atoms with Crippen LogP contribution in [-0.4, -0.2) is 19.6 Å². The molecule has 0 fully saturated rings. The molecule has 0 aliphatic heterocycles. The van der Waals surface area contributed by atoms with E-state index >= 15 is 0 Å². The molecule has 0 spiro atoms. The van der Waals surface area contributed by atoms with Crippen LogP contribution in [0.5, 0.6) is 0 Å². The van der Waals surface area contributed by atoms with Crippen molar-refractivity contribution in [2.75, 3.05) is 13.7 Å². The molecule has 1 aromatic rings. The van der Waals surface area contributed by atoms with Gasteiger partial charge < -0.3 is 10.1 Å². The second kappa shape index (κ2) is 6.71. The Kier molecular flexibility index (Phi) is 5.56. The maximum absolute atomic E-state index is 11.2. The predicted molar refractivity (Wildman–Crippen MR) is 76.0 cm³/mol. The molecule has 1 N–H and O–H groups in total. The first-order valence-electron chi connectivity index (χ1n) is 6.01. The summed E-state index contributed by atoms with van der Waals surface area (Å²) in [6.07, 6.45) is 1.86. The molecule has 0 amide bonds. The van der Waals surface area contributed by atoms with Gasteiger partial charge in [-0.05, 0) is 39.3 Å². The van der Waals surface area contributed by atoms with Gasteiger partial charge in [0.25, 0.3) is 0 Å². The molecule has 1 rings (SSSR count). The maximum atomic E-state index is 11.2. The predicted octanol–water partition coefficient (Wildman–Crippen LogP) is 3.13. The summed E-state index contributed by atoms with van der Waals surface area (Å²) in [5.74, 6) is -0.271. The third-order valence-electron chi connectivity index (χ3n) is 2.89. The van der Waals surface area contributed by atoms with Gasteiger partial charge in [-0.1, -0.05) is 6.08 Å². The Morgan fingerprint density at radius 1 is 1.56 bits per heavy atom. The lowest BCUT2D eigenvalue weighted by Crippen LogP contribution is -2.19. The van der Waals surface area contributed by atoms with Crippen LogP contribution in [0.25, 0.3) is 0 Å². The molecular weight excluding hydrogens is 246 g/mol. The van der Waals surface area contributed by atoms with E-state index in [4.69, 9.17) is 0 Å². The number of rotatable bonds is 5. The van der Waals surface area contributed by atoms with Gasteiger partial charge in [-0.2, -0.15) is 0 Å². The Hall–Kier alpha value is -1.13. The normalized spacial score (nSPS) is 13.5. The van der Waals surface area contributed by atoms with E-state index in [0.717, 1.165) is 0 Å². The summed E-state index contributed by atoms with van der Waals surface area (Å²) in [6, 6.07) is 2.51. The minimum absolute atomic E-state index is 0.271. The number of esters is 1. The average molecular weight is 267 g/mol. The summed E-state index contributed by atoms with van der Waals surface area (Å²) < 4.78 is 4.64. The molecule has 100 valence electrons. The van der Waals surface area contributed by atoms with Gasteiger partial charge in [-0.25, -0.2) is 4.79 Å². The minimum atomic E-state index is -0.271. The molecule has 0 aromatic carbocycles. The minimum Gasteiger partial charge on any atom is -0.466 e. The molecule has 0 saturated carbocycles. The third kappa shape index (κ3) is 3.96. The molecular formula is C14H21NO2S. The van der Waals surface area contributed by atoms with Gasteiger partial charge in [0.2, 0.25) is 0 Å². The van der Waals surface area contributed by atoms with Crippen LogP contribution in [0.1, 0.15) is 35.2 Å². The molecule has 1 atom stereocenters. The summed E-state index contributed by atoms with van der Waals surface area (Å²) in [4.78, 5) is 13.9. The molecule has 3 nitrogen and oxygen atoms in total. The Balaban J connectivity index is 2.54. The van der Waals surface area contributed by atoms with Gasteiger partial charge in [0.1, 0.15) is 0 Å². The SMILES string of the molecule is COC(=O)/C(C)=C/CNC(C)c1cc(C)sc1C. The van der Waals surface area contributed by atoms with Gasteiger partial charge in [-0.15, -0.1) is 11.3 Å². The number of hydrogen-bond donors (Lipinski definition) is 1. The van der Waals surface area contributed by atoms with Gasteiger partial charge in [0.05, 0.1) is 7.11 Å². The Morgan fingerprint density at radius 2 is 2.22 bits per heavy atom. The number of thiophene rings is 1. The molecule has 0 aliphatic carbocycles. The summed E-state index contributed by atoms with van der Waals surface area (Å²) >= 11 is 1.82. The van der Waals surface area contributed by atoms with Gasteiger partial charge in [0.15, 0.2) is 0 Å². The van der Waals surface area contributed by atoms with Crippen LogP contribution in [0, 0.1) is 13.8 Å². The van der Waals surface area contributed by atoms with Crippen molar-refractivity contribution < 1.29 is 9.53 Å². The Bertz CT molecular complexity index is 449. The highest BCUT2D eigenvalue weighted by atomic mass is 32.1. The number of aryl methyl sites for hydroxylation is 2. The van der Waals surface area contributed by atoms with Crippen LogP contribution in [0.15, 0.2) is 17.7 Å². The molecule has 1 heterocycles. The van der Waals surface area contributed by atoms with E-state index in [2.05, 4.69) is 36.9 Å². The number of methoxy groups -OCH3 is 1. The molecule has 1 unspecified atom stereocenters. The van der Waals surface area contributed by atoms with Gasteiger partial charge in [-0.3, -0.25) is 0 Å². The van der Waals surface area contributed by atoms with E-state index in [9.17, 15) is 4.79 Å². The summed E-state index contributed by atoms with van der Waals surface area (Å²) in [7, 11) is 1.40. The fourth-order valence-electron chi connectivity index (χ4n) is 1.82. The maximum Gasteiger partial charge on any atom is 0.333 e. The van der Waals surface area contributed by atoms with Crippen molar-refractivity contribution in [3.63, 3.8) is 0 Å².